The van der Waals surface area contributed by atoms with Gasteiger partial charge in [-0.15, -0.1) is 0 Å². The third-order valence-electron chi connectivity index (χ3n) is 3.24. The van der Waals surface area contributed by atoms with Gasteiger partial charge in [-0.25, -0.2) is 23.1 Å². The third kappa shape index (κ3) is 1.95. The molecule has 0 radical (unpaired) electrons. The van der Waals surface area contributed by atoms with Gasteiger partial charge < -0.3 is 9.84 Å². The molecule has 1 aromatic carbocycles. The van der Waals surface area contributed by atoms with Gasteiger partial charge in [0.15, 0.2) is 11.4 Å². The third-order valence-corrected chi connectivity index (χ3v) is 3.24. The summed E-state index contributed by atoms with van der Waals surface area (Å²) in [5.74, 6) is -2.43. The first-order valence-electron chi connectivity index (χ1n) is 5.77. The summed E-state index contributed by atoms with van der Waals surface area (Å²) >= 11 is 0. The van der Waals surface area contributed by atoms with Crippen molar-refractivity contribution in [1.82, 2.24) is 9.97 Å². The molecule has 0 bridgehead atoms. The predicted molar refractivity (Wildman–Crippen MR) is 60.9 cm³/mol. The number of aliphatic hydroxyl groups excluding tert-OH is 1. The Hall–Kier alpha value is -1.99. The summed E-state index contributed by atoms with van der Waals surface area (Å²) in [6, 6.07) is 2.90. The zero-order valence-electron chi connectivity index (χ0n) is 10.1. The lowest BCUT2D eigenvalue weighted by Crippen LogP contribution is -2.23. The number of ether oxygens (including phenoxy) is 1. The molecule has 0 unspecified atom stereocenters. The van der Waals surface area contributed by atoms with Gasteiger partial charge in [-0.1, -0.05) is 6.07 Å². The highest BCUT2D eigenvalue weighted by Crippen LogP contribution is 2.49. The van der Waals surface area contributed by atoms with Crippen molar-refractivity contribution in [2.45, 2.75) is 11.7 Å². The molecule has 0 spiro atoms. The Morgan fingerprint density at radius 3 is 2.60 bits per heavy atom. The Balaban J connectivity index is 2.02. The largest absolute Gasteiger partial charge is 0.383 e. The molecule has 1 saturated heterocycles. The van der Waals surface area contributed by atoms with Crippen molar-refractivity contribution in [3.63, 3.8) is 0 Å². The fourth-order valence-corrected chi connectivity index (χ4v) is 2.12. The van der Waals surface area contributed by atoms with E-state index in [4.69, 9.17) is 4.74 Å². The second-order valence-corrected chi connectivity index (χ2v) is 4.46. The van der Waals surface area contributed by atoms with Crippen molar-refractivity contribution >= 4 is 0 Å². The van der Waals surface area contributed by atoms with E-state index in [2.05, 4.69) is 9.97 Å². The number of aromatic nitrogens is 2. The number of hydrogen-bond donors (Lipinski definition) is 1. The molecule has 2 heterocycles. The van der Waals surface area contributed by atoms with Crippen LogP contribution in [-0.4, -0.2) is 21.7 Å². The number of epoxide rings is 1. The van der Waals surface area contributed by atoms with Gasteiger partial charge in [-0.05, 0) is 6.07 Å². The van der Waals surface area contributed by atoms with Crippen LogP contribution in [0, 0.1) is 17.5 Å². The summed E-state index contributed by atoms with van der Waals surface area (Å²) in [5.41, 5.74) is -1.77. The van der Waals surface area contributed by atoms with Crippen LogP contribution in [0.2, 0.25) is 0 Å². The molecule has 1 aliphatic rings. The van der Waals surface area contributed by atoms with Gasteiger partial charge in [0.2, 0.25) is 0 Å². The Bertz CT molecular complexity index is 662. The van der Waals surface area contributed by atoms with E-state index in [1.165, 1.54) is 6.07 Å². The first-order chi connectivity index (χ1) is 9.54. The van der Waals surface area contributed by atoms with Crippen molar-refractivity contribution < 1.29 is 23.0 Å². The molecule has 1 fully saturated rings. The molecule has 0 saturated carbocycles. The van der Waals surface area contributed by atoms with Gasteiger partial charge in [0, 0.05) is 11.6 Å². The topological polar surface area (TPSA) is 58.5 Å². The van der Waals surface area contributed by atoms with Gasteiger partial charge in [0.05, 0.1) is 12.8 Å². The molecule has 4 nitrogen and oxygen atoms in total. The number of nitrogens with zero attached hydrogens (tertiary/aromatic N) is 2. The smallest absolute Gasteiger partial charge is 0.165 e. The van der Waals surface area contributed by atoms with Gasteiger partial charge in [-0.2, -0.15) is 0 Å². The van der Waals surface area contributed by atoms with Gasteiger partial charge in [-0.3, -0.25) is 0 Å². The van der Waals surface area contributed by atoms with Crippen molar-refractivity contribution in [3.05, 3.63) is 59.4 Å². The highest BCUT2D eigenvalue weighted by Gasteiger charge is 2.56. The van der Waals surface area contributed by atoms with Crippen LogP contribution in [0.1, 0.15) is 17.4 Å². The van der Waals surface area contributed by atoms with Crippen LogP contribution in [0.5, 0.6) is 0 Å². The number of benzene rings is 1. The van der Waals surface area contributed by atoms with Crippen LogP contribution < -0.4 is 0 Å². The van der Waals surface area contributed by atoms with Crippen LogP contribution in [0.4, 0.5) is 13.2 Å². The summed E-state index contributed by atoms with van der Waals surface area (Å²) in [7, 11) is 0. The van der Waals surface area contributed by atoms with E-state index in [1.54, 1.807) is 0 Å². The fourth-order valence-electron chi connectivity index (χ4n) is 2.12. The molecule has 0 amide bonds. The van der Waals surface area contributed by atoms with Crippen LogP contribution in [0.3, 0.4) is 0 Å². The number of rotatable bonds is 3. The first-order valence-corrected chi connectivity index (χ1v) is 5.77. The van der Waals surface area contributed by atoms with E-state index in [0.29, 0.717) is 6.07 Å². The molecule has 3 rings (SSSR count). The molecule has 104 valence electrons. The normalized spacial score (nSPS) is 22.6. The molecule has 20 heavy (non-hydrogen) atoms. The summed E-state index contributed by atoms with van der Waals surface area (Å²) in [6.45, 7) is -0.0137. The SMILES string of the molecule is O[C@@H](c1ncncc1F)[C@@]1(c2ccc(F)cc2F)CO1. The highest BCUT2D eigenvalue weighted by atomic mass is 19.1. The second kappa shape index (κ2) is 4.53. The molecule has 1 N–H and O–H groups in total. The summed E-state index contributed by atoms with van der Waals surface area (Å²) in [5, 5.41) is 10.2. The average Bonchev–Trinajstić information content (AvgIpc) is 3.20. The Morgan fingerprint density at radius 1 is 1.25 bits per heavy atom. The zero-order valence-corrected chi connectivity index (χ0v) is 10.1. The molecular weight excluding hydrogens is 273 g/mol. The monoisotopic (exact) mass is 282 g/mol. The Labute approximate surface area is 111 Å². The lowest BCUT2D eigenvalue weighted by atomic mass is 9.91. The maximum absolute atomic E-state index is 13.8. The van der Waals surface area contributed by atoms with E-state index >= 15 is 0 Å². The fraction of sp³-hybridized carbons (Fsp3) is 0.231. The number of halogens is 3. The molecule has 7 heteroatoms. The summed E-state index contributed by atoms with van der Waals surface area (Å²) in [4.78, 5) is 7.11. The van der Waals surface area contributed by atoms with Gasteiger partial charge in [0.1, 0.15) is 29.8 Å². The van der Waals surface area contributed by atoms with Crippen LogP contribution in [0.25, 0.3) is 0 Å². The van der Waals surface area contributed by atoms with E-state index in [9.17, 15) is 18.3 Å². The van der Waals surface area contributed by atoms with Crippen molar-refractivity contribution in [3.8, 4) is 0 Å². The maximum atomic E-state index is 13.8. The lowest BCUT2D eigenvalue weighted by Gasteiger charge is -2.19. The van der Waals surface area contributed by atoms with Crippen LogP contribution in [-0.2, 0) is 10.3 Å². The molecule has 1 aromatic heterocycles. The Kier molecular flexibility index (Phi) is 2.95. The van der Waals surface area contributed by atoms with Crippen LogP contribution in [0.15, 0.2) is 30.7 Å². The molecule has 2 aromatic rings. The summed E-state index contributed by atoms with van der Waals surface area (Å²) < 4.78 is 45.4. The first kappa shape index (κ1) is 13.0. The van der Waals surface area contributed by atoms with E-state index in [1.807, 2.05) is 0 Å². The highest BCUT2D eigenvalue weighted by molar-refractivity contribution is 5.33. The van der Waals surface area contributed by atoms with E-state index in [0.717, 1.165) is 18.6 Å². The molecule has 0 aliphatic carbocycles. The maximum Gasteiger partial charge on any atom is 0.165 e. The Morgan fingerprint density at radius 2 is 2.00 bits per heavy atom. The second-order valence-electron chi connectivity index (χ2n) is 4.46. The summed E-state index contributed by atoms with van der Waals surface area (Å²) in [6.07, 6.45) is 0.451. The minimum atomic E-state index is -1.51. The van der Waals surface area contributed by atoms with Crippen molar-refractivity contribution in [2.24, 2.45) is 0 Å². The number of hydrogen-bond acceptors (Lipinski definition) is 4. The molecule has 2 atom stereocenters. The lowest BCUT2D eigenvalue weighted by molar-refractivity contribution is 0.0638. The quantitative estimate of drug-likeness (QED) is 0.873. The average molecular weight is 282 g/mol. The van der Waals surface area contributed by atoms with Crippen LogP contribution >= 0.6 is 0 Å². The predicted octanol–water partition coefficient (Wildman–Crippen LogP) is 1.85. The van der Waals surface area contributed by atoms with Crippen molar-refractivity contribution in [1.29, 1.82) is 0 Å². The zero-order chi connectivity index (χ0) is 14.3. The van der Waals surface area contributed by atoms with Gasteiger partial charge >= 0.3 is 0 Å². The van der Waals surface area contributed by atoms with Gasteiger partial charge in [0.25, 0.3) is 0 Å². The standard InChI is InChI=1S/C13H9F3N2O2/c14-7-1-2-8(9(15)3-7)13(5-20-13)12(19)11-10(16)4-17-6-18-11/h1-4,6,12,19H,5H2/t12-,13-/m0/s1. The minimum absolute atomic E-state index is 0.0137. The molecule has 1 aliphatic heterocycles. The van der Waals surface area contributed by atoms with E-state index < -0.39 is 29.2 Å². The van der Waals surface area contributed by atoms with E-state index in [-0.39, 0.29) is 17.9 Å². The number of aliphatic hydroxyl groups is 1. The molecular formula is C13H9F3N2O2. The van der Waals surface area contributed by atoms with Crippen molar-refractivity contribution in [2.75, 3.05) is 6.61 Å². The minimum Gasteiger partial charge on any atom is -0.383 e.